The van der Waals surface area contributed by atoms with Crippen LogP contribution in [0.25, 0.3) is 0 Å². The largest absolute Gasteiger partial charge is 0.497 e. The van der Waals surface area contributed by atoms with E-state index in [4.69, 9.17) is 4.74 Å². The summed E-state index contributed by atoms with van der Waals surface area (Å²) < 4.78 is 35.4. The average Bonchev–Trinajstić information content (AvgIpc) is 3.04. The predicted molar refractivity (Wildman–Crippen MR) is 176 cm³/mol. The molecule has 0 bridgehead atoms. The van der Waals surface area contributed by atoms with Crippen molar-refractivity contribution in [1.29, 1.82) is 0 Å². The van der Waals surface area contributed by atoms with Gasteiger partial charge in [0.15, 0.2) is 0 Å². The molecule has 0 saturated heterocycles. The third-order valence-electron chi connectivity index (χ3n) is 7.01. The predicted octanol–water partition coefficient (Wildman–Crippen LogP) is 5.82. The van der Waals surface area contributed by atoms with Crippen molar-refractivity contribution in [3.63, 3.8) is 0 Å². The summed E-state index contributed by atoms with van der Waals surface area (Å²) in [5.41, 5.74) is 1.92. The number of nitrogens with one attached hydrogen (secondary N) is 1. The summed E-state index contributed by atoms with van der Waals surface area (Å²) in [4.78, 5) is 29.7. The zero-order valence-electron chi connectivity index (χ0n) is 24.7. The van der Waals surface area contributed by atoms with Crippen LogP contribution in [0.3, 0.4) is 0 Å². The maximum Gasteiger partial charge on any atom is 0.264 e. The fraction of sp³-hybridized carbons (Fsp3) is 0.235. The average molecular weight is 679 g/mol. The second-order valence-corrected chi connectivity index (χ2v) is 13.0. The van der Waals surface area contributed by atoms with Crippen LogP contribution in [0.5, 0.6) is 5.75 Å². The molecule has 0 aliphatic rings. The number of carbonyl (C=O) groups excluding carboxylic acids is 2. The highest BCUT2D eigenvalue weighted by Gasteiger charge is 2.34. The van der Waals surface area contributed by atoms with Crippen LogP contribution in [0.15, 0.2) is 119 Å². The number of benzene rings is 4. The fourth-order valence-corrected chi connectivity index (χ4v) is 6.64. The number of nitrogens with zero attached hydrogens (tertiary/aromatic N) is 2. The normalized spacial score (nSPS) is 11.8. The minimum Gasteiger partial charge on any atom is -0.497 e. The molecule has 4 aromatic carbocycles. The molecule has 0 aliphatic heterocycles. The first-order valence-electron chi connectivity index (χ1n) is 14.3. The lowest BCUT2D eigenvalue weighted by Gasteiger charge is -2.34. The van der Waals surface area contributed by atoms with E-state index in [1.165, 1.54) is 24.1 Å². The Hall–Kier alpha value is -4.15. The Morgan fingerprint density at radius 2 is 1.52 bits per heavy atom. The van der Waals surface area contributed by atoms with Crippen LogP contribution >= 0.6 is 15.9 Å². The summed E-state index contributed by atoms with van der Waals surface area (Å²) in [6, 6.07) is 30.6. The number of methoxy groups -OCH3 is 1. The van der Waals surface area contributed by atoms with E-state index in [1.54, 1.807) is 42.5 Å². The Balaban J connectivity index is 1.80. The SMILES string of the molecule is CCCNC(=O)[C@H](Cc1ccccc1)N(Cc1cccc(Br)c1)C(=O)CN(c1cccc(OC)c1)S(=O)(=O)c1ccccc1. The van der Waals surface area contributed by atoms with Gasteiger partial charge < -0.3 is 15.0 Å². The minimum atomic E-state index is -4.18. The topological polar surface area (TPSA) is 96.0 Å². The summed E-state index contributed by atoms with van der Waals surface area (Å²) in [6.45, 7) is 1.95. The van der Waals surface area contributed by atoms with Crippen LogP contribution in [0, 0.1) is 0 Å². The Labute approximate surface area is 267 Å². The molecule has 8 nitrogen and oxygen atoms in total. The highest BCUT2D eigenvalue weighted by molar-refractivity contribution is 9.10. The van der Waals surface area contributed by atoms with Gasteiger partial charge in [0.1, 0.15) is 18.3 Å². The van der Waals surface area contributed by atoms with Gasteiger partial charge in [0, 0.05) is 30.0 Å². The summed E-state index contributed by atoms with van der Waals surface area (Å²) >= 11 is 3.50. The van der Waals surface area contributed by atoms with Crippen LogP contribution in [-0.2, 0) is 32.6 Å². The highest BCUT2D eigenvalue weighted by atomic mass is 79.9. The number of carbonyl (C=O) groups is 2. The molecule has 4 aromatic rings. The van der Waals surface area contributed by atoms with Gasteiger partial charge in [0.05, 0.1) is 17.7 Å². The standard InChI is InChI=1S/C34H36BrN3O5S/c1-3-20-36-34(40)32(22-26-12-6-4-7-13-26)37(24-27-14-10-15-28(35)21-27)33(39)25-38(29-16-11-17-30(23-29)43-2)44(41,42)31-18-8-5-9-19-31/h4-19,21,23,32H,3,20,22,24-25H2,1-2H3,(H,36,40)/t32-/m0/s1. The Morgan fingerprint density at radius 1 is 0.864 bits per heavy atom. The Morgan fingerprint density at radius 3 is 2.18 bits per heavy atom. The maximum absolute atomic E-state index is 14.5. The van der Waals surface area contributed by atoms with Crippen LogP contribution in [0.4, 0.5) is 5.69 Å². The van der Waals surface area contributed by atoms with E-state index >= 15 is 0 Å². The molecular formula is C34H36BrN3O5S. The van der Waals surface area contributed by atoms with Crippen molar-refractivity contribution >= 4 is 43.5 Å². The first-order valence-corrected chi connectivity index (χ1v) is 16.5. The zero-order chi connectivity index (χ0) is 31.5. The molecule has 0 unspecified atom stereocenters. The molecule has 0 radical (unpaired) electrons. The second-order valence-electron chi connectivity index (χ2n) is 10.2. The molecular weight excluding hydrogens is 642 g/mol. The van der Waals surface area contributed by atoms with Gasteiger partial charge in [-0.2, -0.15) is 0 Å². The van der Waals surface area contributed by atoms with Gasteiger partial charge >= 0.3 is 0 Å². The van der Waals surface area contributed by atoms with E-state index < -0.39 is 28.5 Å². The van der Waals surface area contributed by atoms with E-state index in [2.05, 4.69) is 21.2 Å². The second kappa shape index (κ2) is 15.5. The van der Waals surface area contributed by atoms with Gasteiger partial charge in [0.2, 0.25) is 11.8 Å². The number of sulfonamides is 1. The fourth-order valence-electron chi connectivity index (χ4n) is 4.77. The van der Waals surface area contributed by atoms with Gasteiger partial charge in [-0.3, -0.25) is 13.9 Å². The van der Waals surface area contributed by atoms with Crippen LogP contribution < -0.4 is 14.4 Å². The first-order chi connectivity index (χ1) is 21.2. The van der Waals surface area contributed by atoms with Gasteiger partial charge in [0.25, 0.3) is 10.0 Å². The number of ether oxygens (including phenoxy) is 1. The lowest BCUT2D eigenvalue weighted by atomic mass is 10.0. The minimum absolute atomic E-state index is 0.0377. The maximum atomic E-state index is 14.5. The molecule has 0 spiro atoms. The molecule has 0 saturated carbocycles. The molecule has 1 atom stereocenters. The van der Waals surface area contributed by atoms with Crippen molar-refractivity contribution in [3.8, 4) is 5.75 Å². The van der Waals surface area contributed by atoms with Crippen LogP contribution in [0.1, 0.15) is 24.5 Å². The molecule has 0 aliphatic carbocycles. The summed E-state index contributed by atoms with van der Waals surface area (Å²) in [6.07, 6.45) is 0.975. The molecule has 0 aromatic heterocycles. The van der Waals surface area contributed by atoms with Crippen molar-refractivity contribution < 1.29 is 22.7 Å². The lowest BCUT2D eigenvalue weighted by molar-refractivity contribution is -0.140. The molecule has 4 rings (SSSR count). The molecule has 0 heterocycles. The smallest absolute Gasteiger partial charge is 0.264 e. The Kier molecular flexibility index (Phi) is 11.6. The van der Waals surface area contributed by atoms with Crippen LogP contribution in [-0.4, -0.2) is 51.4 Å². The highest BCUT2D eigenvalue weighted by Crippen LogP contribution is 2.28. The van der Waals surface area contributed by atoms with Crippen molar-refractivity contribution in [1.82, 2.24) is 10.2 Å². The Bertz CT molecular complexity index is 1650. The zero-order valence-corrected chi connectivity index (χ0v) is 27.1. The van der Waals surface area contributed by atoms with Crippen molar-refractivity contribution in [2.45, 2.75) is 37.2 Å². The van der Waals surface area contributed by atoms with E-state index in [-0.39, 0.29) is 29.5 Å². The van der Waals surface area contributed by atoms with E-state index in [0.29, 0.717) is 12.3 Å². The van der Waals surface area contributed by atoms with E-state index in [1.807, 2.05) is 61.5 Å². The van der Waals surface area contributed by atoms with Gasteiger partial charge in [-0.15, -0.1) is 0 Å². The third-order valence-corrected chi connectivity index (χ3v) is 9.29. The third kappa shape index (κ3) is 8.48. The number of amides is 2. The van der Waals surface area contributed by atoms with Gasteiger partial charge in [-0.1, -0.05) is 89.6 Å². The molecule has 0 fully saturated rings. The van der Waals surface area contributed by atoms with Crippen molar-refractivity contribution in [3.05, 3.63) is 125 Å². The van der Waals surface area contributed by atoms with Crippen molar-refractivity contribution in [2.75, 3.05) is 24.5 Å². The quantitative estimate of drug-likeness (QED) is 0.182. The molecule has 230 valence electrons. The number of rotatable bonds is 14. The lowest BCUT2D eigenvalue weighted by Crippen LogP contribution is -2.53. The molecule has 10 heteroatoms. The number of hydrogen-bond donors (Lipinski definition) is 1. The van der Waals surface area contributed by atoms with E-state index in [0.717, 1.165) is 26.3 Å². The number of hydrogen-bond acceptors (Lipinski definition) is 5. The summed E-state index contributed by atoms with van der Waals surface area (Å²) in [7, 11) is -2.69. The van der Waals surface area contributed by atoms with Crippen LogP contribution in [0.2, 0.25) is 0 Å². The first kappa shape index (κ1) is 32.8. The number of anilines is 1. The molecule has 44 heavy (non-hydrogen) atoms. The van der Waals surface area contributed by atoms with Crippen molar-refractivity contribution in [2.24, 2.45) is 0 Å². The number of halogens is 1. The summed E-state index contributed by atoms with van der Waals surface area (Å²) in [5, 5.41) is 2.95. The van der Waals surface area contributed by atoms with Gasteiger partial charge in [-0.25, -0.2) is 8.42 Å². The van der Waals surface area contributed by atoms with E-state index in [9.17, 15) is 18.0 Å². The van der Waals surface area contributed by atoms with Gasteiger partial charge in [-0.05, 0) is 53.9 Å². The summed E-state index contributed by atoms with van der Waals surface area (Å²) in [5.74, 6) is -0.395. The molecule has 1 N–H and O–H groups in total. The monoisotopic (exact) mass is 677 g/mol. The molecule has 2 amide bonds.